The summed E-state index contributed by atoms with van der Waals surface area (Å²) in [6.45, 7) is 6.71. The number of ether oxygens (including phenoxy) is 1. The molecule has 0 aromatic heterocycles. The molecule has 1 aliphatic rings. The van der Waals surface area contributed by atoms with Crippen molar-refractivity contribution in [3.05, 3.63) is 30.3 Å². The second-order valence-electron chi connectivity index (χ2n) is 5.17. The van der Waals surface area contributed by atoms with Crippen LogP contribution in [-0.2, 0) is 4.74 Å². The van der Waals surface area contributed by atoms with Crippen LogP contribution in [0, 0.1) is 5.41 Å². The van der Waals surface area contributed by atoms with Crippen molar-refractivity contribution in [2.45, 2.75) is 19.8 Å². The number of nitrogens with zero attached hydrogens (tertiary/aromatic N) is 1. The number of anilines is 1. The lowest BCUT2D eigenvalue weighted by Crippen LogP contribution is -2.46. The standard InChI is InChI=1S/C15H24N2O/c1-2-17(14-6-4-3-5-7-14)13-15(12-16)8-10-18-11-9-15/h3-7H,2,8-13,16H2,1H3. The molecule has 1 fully saturated rings. The highest BCUT2D eigenvalue weighted by Crippen LogP contribution is 2.31. The predicted octanol–water partition coefficient (Wildman–Crippen LogP) is 2.27. The van der Waals surface area contributed by atoms with Crippen LogP contribution in [0.3, 0.4) is 0 Å². The molecule has 0 radical (unpaired) electrons. The third kappa shape index (κ3) is 3.03. The van der Waals surface area contributed by atoms with E-state index in [1.807, 2.05) is 0 Å². The van der Waals surface area contributed by atoms with Gasteiger partial charge in [-0.3, -0.25) is 0 Å². The van der Waals surface area contributed by atoms with Gasteiger partial charge in [-0.15, -0.1) is 0 Å². The van der Waals surface area contributed by atoms with Crippen LogP contribution in [0.1, 0.15) is 19.8 Å². The molecule has 0 aliphatic carbocycles. The third-order valence-corrected chi connectivity index (χ3v) is 4.02. The molecule has 3 heteroatoms. The molecule has 2 N–H and O–H groups in total. The maximum absolute atomic E-state index is 6.04. The number of hydrogen-bond donors (Lipinski definition) is 1. The Morgan fingerprint density at radius 3 is 2.44 bits per heavy atom. The first kappa shape index (κ1) is 13.4. The van der Waals surface area contributed by atoms with Gasteiger partial charge in [-0.25, -0.2) is 0 Å². The number of para-hydroxylation sites is 1. The van der Waals surface area contributed by atoms with Gasteiger partial charge in [0.1, 0.15) is 0 Å². The quantitative estimate of drug-likeness (QED) is 0.868. The molecule has 0 spiro atoms. The summed E-state index contributed by atoms with van der Waals surface area (Å²) >= 11 is 0. The third-order valence-electron chi connectivity index (χ3n) is 4.02. The van der Waals surface area contributed by atoms with Crippen molar-refractivity contribution in [1.29, 1.82) is 0 Å². The number of hydrogen-bond acceptors (Lipinski definition) is 3. The van der Waals surface area contributed by atoms with Crippen molar-refractivity contribution in [2.75, 3.05) is 37.7 Å². The number of rotatable bonds is 5. The van der Waals surface area contributed by atoms with Crippen LogP contribution in [0.4, 0.5) is 5.69 Å². The fourth-order valence-corrected chi connectivity index (χ4v) is 2.66. The predicted molar refractivity (Wildman–Crippen MR) is 75.9 cm³/mol. The van der Waals surface area contributed by atoms with Gasteiger partial charge in [-0.05, 0) is 38.4 Å². The van der Waals surface area contributed by atoms with Crippen LogP contribution in [0.25, 0.3) is 0 Å². The molecular weight excluding hydrogens is 224 g/mol. The Hall–Kier alpha value is -1.06. The summed E-state index contributed by atoms with van der Waals surface area (Å²) in [4.78, 5) is 2.43. The van der Waals surface area contributed by atoms with E-state index in [4.69, 9.17) is 10.5 Å². The van der Waals surface area contributed by atoms with Crippen LogP contribution in [0.15, 0.2) is 30.3 Å². The van der Waals surface area contributed by atoms with Crippen LogP contribution < -0.4 is 10.6 Å². The second-order valence-corrected chi connectivity index (χ2v) is 5.17. The molecule has 1 saturated heterocycles. The lowest BCUT2D eigenvalue weighted by molar-refractivity contribution is 0.0225. The van der Waals surface area contributed by atoms with Crippen molar-refractivity contribution < 1.29 is 4.74 Å². The minimum absolute atomic E-state index is 0.226. The van der Waals surface area contributed by atoms with Gasteiger partial charge >= 0.3 is 0 Å². The molecule has 0 unspecified atom stereocenters. The van der Waals surface area contributed by atoms with Crippen molar-refractivity contribution >= 4 is 5.69 Å². The van der Waals surface area contributed by atoms with Crippen LogP contribution in [0.2, 0.25) is 0 Å². The lowest BCUT2D eigenvalue weighted by Gasteiger charge is -2.40. The van der Waals surface area contributed by atoms with Gasteiger partial charge in [-0.1, -0.05) is 18.2 Å². The Morgan fingerprint density at radius 2 is 1.89 bits per heavy atom. The van der Waals surface area contributed by atoms with E-state index in [0.29, 0.717) is 0 Å². The Bertz CT molecular complexity index is 347. The fraction of sp³-hybridized carbons (Fsp3) is 0.600. The lowest BCUT2D eigenvalue weighted by atomic mass is 9.79. The van der Waals surface area contributed by atoms with E-state index in [-0.39, 0.29) is 5.41 Å². The number of nitrogens with two attached hydrogens (primary N) is 1. The summed E-state index contributed by atoms with van der Waals surface area (Å²) in [5.41, 5.74) is 7.55. The van der Waals surface area contributed by atoms with Crippen LogP contribution in [0.5, 0.6) is 0 Å². The zero-order chi connectivity index (χ0) is 12.8. The highest BCUT2D eigenvalue weighted by molar-refractivity contribution is 5.46. The molecule has 0 saturated carbocycles. The average Bonchev–Trinajstić information content (AvgIpc) is 2.47. The Balaban J connectivity index is 2.09. The monoisotopic (exact) mass is 248 g/mol. The molecule has 18 heavy (non-hydrogen) atoms. The minimum atomic E-state index is 0.226. The van der Waals surface area contributed by atoms with Gasteiger partial charge in [0.2, 0.25) is 0 Å². The van der Waals surface area contributed by atoms with Crippen molar-refractivity contribution in [1.82, 2.24) is 0 Å². The van der Waals surface area contributed by atoms with Crippen molar-refractivity contribution in [2.24, 2.45) is 11.1 Å². The summed E-state index contributed by atoms with van der Waals surface area (Å²) in [6.07, 6.45) is 2.15. The molecule has 1 aromatic carbocycles. The molecule has 0 atom stereocenters. The molecule has 3 nitrogen and oxygen atoms in total. The maximum atomic E-state index is 6.04. The molecule has 1 aromatic rings. The first-order chi connectivity index (χ1) is 8.79. The van der Waals surface area contributed by atoms with Gasteiger partial charge in [-0.2, -0.15) is 0 Å². The van der Waals surface area contributed by atoms with E-state index in [1.54, 1.807) is 0 Å². The normalized spacial score (nSPS) is 18.6. The zero-order valence-corrected chi connectivity index (χ0v) is 11.3. The summed E-state index contributed by atoms with van der Waals surface area (Å²) in [5, 5.41) is 0. The molecular formula is C15H24N2O. The first-order valence-electron chi connectivity index (χ1n) is 6.87. The van der Waals surface area contributed by atoms with Gasteiger partial charge in [0.25, 0.3) is 0 Å². The molecule has 2 rings (SSSR count). The topological polar surface area (TPSA) is 38.5 Å². The molecule has 100 valence electrons. The Morgan fingerprint density at radius 1 is 1.22 bits per heavy atom. The van der Waals surface area contributed by atoms with Crippen molar-refractivity contribution in [3.8, 4) is 0 Å². The molecule has 1 aliphatic heterocycles. The van der Waals surface area contributed by atoms with E-state index < -0.39 is 0 Å². The minimum Gasteiger partial charge on any atom is -0.381 e. The summed E-state index contributed by atoms with van der Waals surface area (Å²) in [7, 11) is 0. The van der Waals surface area contributed by atoms with E-state index in [9.17, 15) is 0 Å². The van der Waals surface area contributed by atoms with Crippen LogP contribution >= 0.6 is 0 Å². The maximum Gasteiger partial charge on any atom is 0.0472 e. The van der Waals surface area contributed by atoms with Crippen molar-refractivity contribution in [3.63, 3.8) is 0 Å². The van der Waals surface area contributed by atoms with Gasteiger partial charge in [0, 0.05) is 37.4 Å². The summed E-state index contributed by atoms with van der Waals surface area (Å²) in [6, 6.07) is 10.6. The fourth-order valence-electron chi connectivity index (χ4n) is 2.66. The summed E-state index contributed by atoms with van der Waals surface area (Å²) in [5.74, 6) is 0. The Kier molecular flexibility index (Phi) is 4.61. The van der Waals surface area contributed by atoms with Gasteiger partial charge < -0.3 is 15.4 Å². The molecule has 0 amide bonds. The zero-order valence-electron chi connectivity index (χ0n) is 11.3. The van der Waals surface area contributed by atoms with Gasteiger partial charge in [0.05, 0.1) is 0 Å². The van der Waals surface area contributed by atoms with Crippen LogP contribution in [-0.4, -0.2) is 32.8 Å². The van der Waals surface area contributed by atoms with E-state index in [2.05, 4.69) is 42.2 Å². The smallest absolute Gasteiger partial charge is 0.0472 e. The average molecular weight is 248 g/mol. The highest BCUT2D eigenvalue weighted by Gasteiger charge is 2.33. The molecule has 0 bridgehead atoms. The number of benzene rings is 1. The van der Waals surface area contributed by atoms with E-state index in [1.165, 1.54) is 5.69 Å². The summed E-state index contributed by atoms with van der Waals surface area (Å²) < 4.78 is 5.47. The van der Waals surface area contributed by atoms with Gasteiger partial charge in [0.15, 0.2) is 0 Å². The van der Waals surface area contributed by atoms with E-state index in [0.717, 1.165) is 45.7 Å². The van der Waals surface area contributed by atoms with E-state index >= 15 is 0 Å². The SMILES string of the molecule is CCN(CC1(CN)CCOCC1)c1ccccc1. The Labute approximate surface area is 110 Å². The highest BCUT2D eigenvalue weighted by atomic mass is 16.5. The molecule has 1 heterocycles. The second kappa shape index (κ2) is 6.21. The largest absolute Gasteiger partial charge is 0.381 e. The first-order valence-corrected chi connectivity index (χ1v) is 6.87.